The molecule has 3 aromatic rings. The summed E-state index contributed by atoms with van der Waals surface area (Å²) in [6.45, 7) is 2.57. The SMILES string of the molecule is COC(=O)[C@H]1CN(C(=O)c2cnc3[nH]nc(C)c3c2)C[C@H]1c1ccc(Cl)cc1. The molecule has 1 aliphatic heterocycles. The second-order valence-electron chi connectivity index (χ2n) is 6.93. The number of carbonyl (C=O) groups excluding carboxylic acids is 2. The summed E-state index contributed by atoms with van der Waals surface area (Å²) in [5.41, 5.74) is 2.85. The first-order valence-electron chi connectivity index (χ1n) is 8.91. The summed E-state index contributed by atoms with van der Waals surface area (Å²) >= 11 is 5.98. The van der Waals surface area contributed by atoms with Crippen molar-refractivity contribution in [2.24, 2.45) is 5.92 Å². The normalized spacial score (nSPS) is 19.2. The van der Waals surface area contributed by atoms with Crippen molar-refractivity contribution in [2.75, 3.05) is 20.2 Å². The zero-order valence-electron chi connectivity index (χ0n) is 15.5. The number of likely N-dealkylation sites (tertiary alicyclic amines) is 1. The summed E-state index contributed by atoms with van der Waals surface area (Å²) in [4.78, 5) is 31.4. The highest BCUT2D eigenvalue weighted by atomic mass is 35.5. The zero-order valence-corrected chi connectivity index (χ0v) is 16.2. The Morgan fingerprint density at radius 2 is 2.00 bits per heavy atom. The highest BCUT2D eigenvalue weighted by molar-refractivity contribution is 6.30. The highest BCUT2D eigenvalue weighted by Gasteiger charge is 2.41. The number of halogens is 1. The summed E-state index contributed by atoms with van der Waals surface area (Å²) in [6, 6.07) is 9.13. The molecule has 1 N–H and O–H groups in total. The molecule has 2 aromatic heterocycles. The number of benzene rings is 1. The molecule has 1 aliphatic rings. The smallest absolute Gasteiger partial charge is 0.311 e. The fraction of sp³-hybridized carbons (Fsp3) is 0.300. The van der Waals surface area contributed by atoms with Crippen molar-refractivity contribution in [3.8, 4) is 0 Å². The van der Waals surface area contributed by atoms with Crippen molar-refractivity contribution in [3.05, 3.63) is 58.4 Å². The third kappa shape index (κ3) is 3.22. The number of nitrogens with one attached hydrogen (secondary N) is 1. The Labute approximate surface area is 166 Å². The van der Waals surface area contributed by atoms with Gasteiger partial charge in [-0.3, -0.25) is 14.7 Å². The van der Waals surface area contributed by atoms with Crippen LogP contribution >= 0.6 is 11.6 Å². The van der Waals surface area contributed by atoms with Crippen LogP contribution in [0.15, 0.2) is 36.5 Å². The molecular formula is C20H19ClN4O3. The number of nitrogens with zero attached hydrogens (tertiary/aromatic N) is 3. The maximum atomic E-state index is 13.1. The van der Waals surface area contributed by atoms with Crippen molar-refractivity contribution in [1.29, 1.82) is 0 Å². The Morgan fingerprint density at radius 3 is 2.71 bits per heavy atom. The van der Waals surface area contributed by atoms with E-state index in [1.807, 2.05) is 19.1 Å². The van der Waals surface area contributed by atoms with Gasteiger partial charge < -0.3 is 9.64 Å². The zero-order chi connectivity index (χ0) is 19.8. The fourth-order valence-electron chi connectivity index (χ4n) is 3.73. The number of aromatic nitrogens is 3. The number of esters is 1. The number of ether oxygens (including phenoxy) is 1. The first kappa shape index (κ1) is 18.4. The Bertz CT molecular complexity index is 1050. The largest absolute Gasteiger partial charge is 0.469 e. The van der Waals surface area contributed by atoms with Crippen molar-refractivity contribution >= 4 is 34.5 Å². The van der Waals surface area contributed by atoms with Gasteiger partial charge in [-0.15, -0.1) is 0 Å². The predicted molar refractivity (Wildman–Crippen MR) is 104 cm³/mol. The Kier molecular flexibility index (Phi) is 4.77. The Morgan fingerprint density at radius 1 is 1.25 bits per heavy atom. The van der Waals surface area contributed by atoms with Gasteiger partial charge in [0.25, 0.3) is 5.91 Å². The minimum Gasteiger partial charge on any atom is -0.469 e. The second kappa shape index (κ2) is 7.24. The summed E-state index contributed by atoms with van der Waals surface area (Å²) in [6.07, 6.45) is 1.53. The number of H-pyrrole nitrogens is 1. The molecule has 0 saturated carbocycles. The van der Waals surface area contributed by atoms with Crippen LogP contribution in [0, 0.1) is 12.8 Å². The van der Waals surface area contributed by atoms with E-state index in [2.05, 4.69) is 15.2 Å². The standard InChI is InChI=1S/C20H19ClN4O3/c1-11-15-7-13(8-22-18(15)24-23-11)19(26)25-9-16(17(10-25)20(27)28-2)12-3-5-14(21)6-4-12/h3-8,16-17H,9-10H2,1-2H3,(H,22,23,24)/t16-,17-/m0/s1. The van der Waals surface area contributed by atoms with Crippen LogP contribution in [0.4, 0.5) is 0 Å². The lowest BCUT2D eigenvalue weighted by Gasteiger charge is -2.17. The lowest BCUT2D eigenvalue weighted by Crippen LogP contribution is -2.30. The van der Waals surface area contributed by atoms with Crippen LogP contribution in [-0.4, -0.2) is 52.2 Å². The maximum Gasteiger partial charge on any atom is 0.311 e. The van der Waals surface area contributed by atoms with Gasteiger partial charge in [-0.2, -0.15) is 5.10 Å². The topological polar surface area (TPSA) is 88.2 Å². The lowest BCUT2D eigenvalue weighted by molar-refractivity contribution is -0.145. The van der Waals surface area contributed by atoms with E-state index in [4.69, 9.17) is 16.3 Å². The first-order chi connectivity index (χ1) is 13.5. The number of pyridine rings is 1. The molecule has 1 aromatic carbocycles. The van der Waals surface area contributed by atoms with E-state index in [1.54, 1.807) is 23.1 Å². The van der Waals surface area contributed by atoms with E-state index in [-0.39, 0.29) is 17.8 Å². The predicted octanol–water partition coefficient (Wildman–Crippen LogP) is 2.95. The van der Waals surface area contributed by atoms with Gasteiger partial charge in [0, 0.05) is 35.6 Å². The molecule has 0 bridgehead atoms. The number of carbonyl (C=O) groups is 2. The van der Waals surface area contributed by atoms with Gasteiger partial charge in [-0.05, 0) is 30.7 Å². The van der Waals surface area contributed by atoms with Gasteiger partial charge in [-0.1, -0.05) is 23.7 Å². The van der Waals surface area contributed by atoms with Crippen LogP contribution in [0.2, 0.25) is 5.02 Å². The Balaban J connectivity index is 1.63. The van der Waals surface area contributed by atoms with Crippen LogP contribution in [0.3, 0.4) is 0 Å². The van der Waals surface area contributed by atoms with Gasteiger partial charge in [0.1, 0.15) is 0 Å². The van der Waals surface area contributed by atoms with Gasteiger partial charge >= 0.3 is 5.97 Å². The van der Waals surface area contributed by atoms with Crippen LogP contribution in [0.1, 0.15) is 27.5 Å². The molecule has 4 rings (SSSR count). The number of amides is 1. The molecule has 1 amide bonds. The molecule has 1 fully saturated rings. The third-order valence-electron chi connectivity index (χ3n) is 5.26. The highest BCUT2D eigenvalue weighted by Crippen LogP contribution is 2.35. The Hall–Kier alpha value is -2.93. The molecule has 28 heavy (non-hydrogen) atoms. The van der Waals surface area contributed by atoms with Gasteiger partial charge in [0.05, 0.1) is 24.3 Å². The van der Waals surface area contributed by atoms with Crippen molar-refractivity contribution in [2.45, 2.75) is 12.8 Å². The lowest BCUT2D eigenvalue weighted by atomic mass is 9.89. The average Bonchev–Trinajstić information content (AvgIpc) is 3.31. The molecular weight excluding hydrogens is 380 g/mol. The van der Waals surface area contributed by atoms with Crippen LogP contribution in [0.5, 0.6) is 0 Å². The molecule has 0 spiro atoms. The third-order valence-corrected chi connectivity index (χ3v) is 5.52. The van der Waals surface area contributed by atoms with Crippen molar-refractivity contribution in [1.82, 2.24) is 20.1 Å². The van der Waals surface area contributed by atoms with Crippen LogP contribution in [-0.2, 0) is 9.53 Å². The second-order valence-corrected chi connectivity index (χ2v) is 7.36. The number of fused-ring (bicyclic) bond motifs is 1. The molecule has 144 valence electrons. The fourth-order valence-corrected chi connectivity index (χ4v) is 3.86. The molecule has 7 nitrogen and oxygen atoms in total. The number of hydrogen-bond acceptors (Lipinski definition) is 5. The van der Waals surface area contributed by atoms with E-state index in [0.717, 1.165) is 16.6 Å². The minimum atomic E-state index is -0.428. The molecule has 1 saturated heterocycles. The van der Waals surface area contributed by atoms with E-state index < -0.39 is 5.92 Å². The van der Waals surface area contributed by atoms with Gasteiger partial charge in [0.2, 0.25) is 0 Å². The van der Waals surface area contributed by atoms with Crippen molar-refractivity contribution in [3.63, 3.8) is 0 Å². The molecule has 2 atom stereocenters. The van der Waals surface area contributed by atoms with Crippen LogP contribution < -0.4 is 0 Å². The molecule has 0 aliphatic carbocycles. The number of aromatic amines is 1. The van der Waals surface area contributed by atoms with Crippen molar-refractivity contribution < 1.29 is 14.3 Å². The van der Waals surface area contributed by atoms with Gasteiger partial charge in [-0.25, -0.2) is 4.98 Å². The van der Waals surface area contributed by atoms with E-state index >= 15 is 0 Å². The maximum absolute atomic E-state index is 13.1. The number of methoxy groups -OCH3 is 1. The van der Waals surface area contributed by atoms with Gasteiger partial charge in [0.15, 0.2) is 5.65 Å². The molecule has 8 heteroatoms. The summed E-state index contributed by atoms with van der Waals surface area (Å²) in [5, 5.41) is 8.38. The summed E-state index contributed by atoms with van der Waals surface area (Å²) in [7, 11) is 1.37. The van der Waals surface area contributed by atoms with Crippen LogP contribution in [0.25, 0.3) is 11.0 Å². The number of rotatable bonds is 3. The molecule has 3 heterocycles. The average molecular weight is 399 g/mol. The summed E-state index contributed by atoms with van der Waals surface area (Å²) < 4.78 is 4.98. The quantitative estimate of drug-likeness (QED) is 0.685. The minimum absolute atomic E-state index is 0.152. The van der Waals surface area contributed by atoms with E-state index in [0.29, 0.717) is 29.3 Å². The molecule has 0 radical (unpaired) electrons. The molecule has 0 unspecified atom stereocenters. The number of aryl methyl sites for hydroxylation is 1. The van der Waals surface area contributed by atoms with E-state index in [9.17, 15) is 9.59 Å². The first-order valence-corrected chi connectivity index (χ1v) is 9.29. The summed E-state index contributed by atoms with van der Waals surface area (Å²) in [5.74, 6) is -1.07. The monoisotopic (exact) mass is 398 g/mol. The number of hydrogen-bond donors (Lipinski definition) is 1. The van der Waals surface area contributed by atoms with E-state index in [1.165, 1.54) is 13.3 Å².